The van der Waals surface area contributed by atoms with E-state index < -0.39 is 5.97 Å². The quantitative estimate of drug-likeness (QED) is 0.421. The summed E-state index contributed by atoms with van der Waals surface area (Å²) in [5.74, 6) is -1.28. The fraction of sp³-hybridized carbons (Fsp3) is 0.385. The maximum absolute atomic E-state index is 13.8. The lowest BCUT2D eigenvalue weighted by atomic mass is 10.3. The van der Waals surface area contributed by atoms with Crippen molar-refractivity contribution in [2.75, 3.05) is 19.5 Å². The minimum absolute atomic E-state index is 0.0762. The number of imidazole rings is 1. The molecule has 1 heterocycles. The van der Waals surface area contributed by atoms with Crippen LogP contribution in [0.5, 0.6) is 0 Å². The van der Waals surface area contributed by atoms with Crippen LogP contribution in [0.2, 0.25) is 0 Å². The number of methoxy groups -OCH3 is 1. The Morgan fingerprint density at radius 2 is 2.33 bits per heavy atom. The van der Waals surface area contributed by atoms with Gasteiger partial charge in [0.25, 0.3) is 0 Å². The monoisotopic (exact) mass is 424 g/mol. The minimum atomic E-state index is -0.906. The van der Waals surface area contributed by atoms with E-state index in [0.29, 0.717) is 32.9 Å². The fourth-order valence-corrected chi connectivity index (χ4v) is 3.13. The molecule has 0 radical (unpaired) electrons. The van der Waals surface area contributed by atoms with Crippen LogP contribution < -0.4 is 0 Å². The van der Waals surface area contributed by atoms with E-state index in [4.69, 9.17) is 9.84 Å². The summed E-state index contributed by atoms with van der Waals surface area (Å²) in [5, 5.41) is 9.39. The molecule has 1 N–H and O–H groups in total. The van der Waals surface area contributed by atoms with Gasteiger partial charge in [0.05, 0.1) is 20.4 Å². The van der Waals surface area contributed by atoms with Gasteiger partial charge in [0, 0.05) is 26.3 Å². The minimum Gasteiger partial charge on any atom is -0.481 e. The maximum atomic E-state index is 13.8. The second-order valence-corrected chi connectivity index (χ2v) is 6.43. The Bertz CT molecular complexity index is 662. The molecule has 0 atom stereocenters. The van der Waals surface area contributed by atoms with Crippen LogP contribution in [-0.2, 0) is 16.1 Å². The molecule has 21 heavy (non-hydrogen) atoms. The molecule has 0 aliphatic carbocycles. The number of nitrogens with zero attached hydrogens (tertiary/aromatic N) is 2. The van der Waals surface area contributed by atoms with Crippen molar-refractivity contribution in [2.24, 2.45) is 0 Å². The first-order valence-electron chi connectivity index (χ1n) is 6.21. The second kappa shape index (κ2) is 7.41. The first-order valence-corrected chi connectivity index (χ1v) is 8.28. The van der Waals surface area contributed by atoms with E-state index in [1.54, 1.807) is 13.2 Å². The van der Waals surface area contributed by atoms with Crippen molar-refractivity contribution in [1.29, 1.82) is 0 Å². The maximum Gasteiger partial charge on any atom is 0.313 e. The summed E-state index contributed by atoms with van der Waals surface area (Å²) in [4.78, 5) is 15.1. The highest BCUT2D eigenvalue weighted by Crippen LogP contribution is 2.27. The van der Waals surface area contributed by atoms with Crippen LogP contribution in [0.25, 0.3) is 11.0 Å². The Balaban J connectivity index is 2.39. The lowest BCUT2D eigenvalue weighted by molar-refractivity contribution is -0.133. The Kier molecular flexibility index (Phi) is 5.82. The first kappa shape index (κ1) is 16.5. The zero-order valence-electron chi connectivity index (χ0n) is 11.3. The number of aromatic nitrogens is 2. The number of aliphatic carboxylic acids is 1. The van der Waals surface area contributed by atoms with E-state index in [1.807, 2.05) is 27.2 Å². The van der Waals surface area contributed by atoms with Crippen molar-refractivity contribution in [3.05, 3.63) is 21.5 Å². The van der Waals surface area contributed by atoms with Crippen LogP contribution in [0, 0.1) is 9.39 Å². The summed E-state index contributed by atoms with van der Waals surface area (Å²) >= 11 is 3.05. The molecule has 1 aromatic carbocycles. The molecule has 0 saturated heterocycles. The van der Waals surface area contributed by atoms with Gasteiger partial charge >= 0.3 is 5.97 Å². The van der Waals surface area contributed by atoms with E-state index in [-0.39, 0.29) is 11.6 Å². The summed E-state index contributed by atoms with van der Waals surface area (Å²) in [5.41, 5.74) is 1.35. The van der Waals surface area contributed by atoms with Crippen LogP contribution >= 0.6 is 34.4 Å². The normalized spacial score (nSPS) is 11.2. The lowest BCUT2D eigenvalue weighted by Crippen LogP contribution is -2.05. The van der Waals surface area contributed by atoms with Crippen molar-refractivity contribution >= 4 is 51.4 Å². The fourth-order valence-electron chi connectivity index (χ4n) is 1.92. The standard InChI is InChI=1S/C13H14FIN2O3S/c1-20-4-2-3-17-11-5-8(14)9(15)6-10(11)16-13(17)21-7-12(18)19/h5-6H,2-4,7H2,1H3,(H,18,19). The SMILES string of the molecule is COCCCn1c(SCC(=O)O)nc2cc(I)c(F)cc21. The van der Waals surface area contributed by atoms with E-state index in [1.165, 1.54) is 6.07 Å². The van der Waals surface area contributed by atoms with Gasteiger partial charge in [-0.1, -0.05) is 11.8 Å². The molecule has 0 fully saturated rings. The van der Waals surface area contributed by atoms with Gasteiger partial charge in [-0.05, 0) is 35.1 Å². The molecule has 5 nitrogen and oxygen atoms in total. The predicted molar refractivity (Wildman–Crippen MR) is 87.3 cm³/mol. The second-order valence-electron chi connectivity index (χ2n) is 4.33. The smallest absolute Gasteiger partial charge is 0.313 e. The molecular formula is C13H14FIN2O3S. The van der Waals surface area contributed by atoms with Crippen molar-refractivity contribution in [3.8, 4) is 0 Å². The highest BCUT2D eigenvalue weighted by atomic mass is 127. The number of fused-ring (bicyclic) bond motifs is 1. The molecule has 0 spiro atoms. The van der Waals surface area contributed by atoms with E-state index in [9.17, 15) is 9.18 Å². The number of rotatable bonds is 7. The summed E-state index contributed by atoms with van der Waals surface area (Å²) in [7, 11) is 1.62. The molecule has 2 rings (SSSR count). The highest BCUT2D eigenvalue weighted by Gasteiger charge is 2.15. The van der Waals surface area contributed by atoms with E-state index in [2.05, 4.69) is 4.98 Å². The number of benzene rings is 1. The molecule has 0 aliphatic heterocycles. The first-order chi connectivity index (χ1) is 10.0. The number of carboxylic acids is 1. The zero-order chi connectivity index (χ0) is 15.4. The number of thioether (sulfide) groups is 1. The van der Waals surface area contributed by atoms with Gasteiger partial charge in [0.2, 0.25) is 0 Å². The molecule has 0 unspecified atom stereocenters. The van der Waals surface area contributed by atoms with Crippen LogP contribution in [0.4, 0.5) is 4.39 Å². The third kappa shape index (κ3) is 4.07. The van der Waals surface area contributed by atoms with Crippen LogP contribution in [0.3, 0.4) is 0 Å². The van der Waals surface area contributed by atoms with Crippen LogP contribution in [0.15, 0.2) is 17.3 Å². The number of hydrogen-bond donors (Lipinski definition) is 1. The number of aryl methyl sites for hydroxylation is 1. The van der Waals surface area contributed by atoms with E-state index >= 15 is 0 Å². The van der Waals surface area contributed by atoms with Crippen molar-refractivity contribution in [3.63, 3.8) is 0 Å². The number of carbonyl (C=O) groups is 1. The average Bonchev–Trinajstić information content (AvgIpc) is 2.75. The van der Waals surface area contributed by atoms with Crippen molar-refractivity contribution in [1.82, 2.24) is 9.55 Å². The Morgan fingerprint density at radius 1 is 1.57 bits per heavy atom. The Morgan fingerprint density at radius 3 is 3.00 bits per heavy atom. The molecule has 0 saturated carbocycles. The third-order valence-corrected chi connectivity index (χ3v) is 4.60. The average molecular weight is 424 g/mol. The van der Waals surface area contributed by atoms with E-state index in [0.717, 1.165) is 18.2 Å². The largest absolute Gasteiger partial charge is 0.481 e. The molecule has 2 aromatic rings. The Hall–Kier alpha value is -0.870. The molecule has 0 aliphatic rings. The predicted octanol–water partition coefficient (Wildman–Crippen LogP) is 2.99. The molecular weight excluding hydrogens is 410 g/mol. The number of hydrogen-bond acceptors (Lipinski definition) is 4. The molecule has 1 aromatic heterocycles. The molecule has 114 valence electrons. The summed E-state index contributed by atoms with van der Waals surface area (Å²) in [6, 6.07) is 3.12. The Labute approximate surface area is 139 Å². The van der Waals surface area contributed by atoms with Crippen molar-refractivity contribution < 1.29 is 19.0 Å². The summed E-state index contributed by atoms with van der Waals surface area (Å²) in [6.07, 6.45) is 0.746. The van der Waals surface area contributed by atoms with Gasteiger partial charge in [0.1, 0.15) is 5.82 Å². The van der Waals surface area contributed by atoms with Gasteiger partial charge in [0.15, 0.2) is 5.16 Å². The number of halogens is 2. The number of carboxylic acid groups (broad SMARTS) is 1. The summed E-state index contributed by atoms with van der Waals surface area (Å²) in [6.45, 7) is 1.18. The van der Waals surface area contributed by atoms with Gasteiger partial charge in [-0.3, -0.25) is 4.79 Å². The number of ether oxygens (including phenoxy) is 1. The third-order valence-electron chi connectivity index (χ3n) is 2.81. The van der Waals surface area contributed by atoms with Gasteiger partial charge in [-0.15, -0.1) is 0 Å². The molecule has 0 amide bonds. The highest BCUT2D eigenvalue weighted by molar-refractivity contribution is 14.1. The molecule has 0 bridgehead atoms. The zero-order valence-corrected chi connectivity index (χ0v) is 14.3. The molecule has 8 heteroatoms. The topological polar surface area (TPSA) is 64.3 Å². The van der Waals surface area contributed by atoms with Crippen molar-refractivity contribution in [2.45, 2.75) is 18.1 Å². The van der Waals surface area contributed by atoms with Gasteiger partial charge < -0.3 is 14.4 Å². The van der Waals surface area contributed by atoms with Crippen LogP contribution in [0.1, 0.15) is 6.42 Å². The van der Waals surface area contributed by atoms with Crippen LogP contribution in [-0.4, -0.2) is 40.1 Å². The van der Waals surface area contributed by atoms with Gasteiger partial charge in [-0.25, -0.2) is 9.37 Å². The lowest BCUT2D eigenvalue weighted by Gasteiger charge is -2.08. The summed E-state index contributed by atoms with van der Waals surface area (Å²) < 4.78 is 21.1. The van der Waals surface area contributed by atoms with Gasteiger partial charge in [-0.2, -0.15) is 0 Å².